The first-order chi connectivity index (χ1) is 9.50. The van der Waals surface area contributed by atoms with Crippen LogP contribution in [0.3, 0.4) is 0 Å². The van der Waals surface area contributed by atoms with E-state index in [4.69, 9.17) is 8.85 Å². The standard InChI is InChI=1S/C13H24N2O3/c1-8(16)11-10-6-5-9(7-14-11)15(10)12(17)18-13(2,3)4/h8-11,14,16H,5-7H2,1-4H3/t8?,9-,10+,11+/m0/s1/i1D3. The summed E-state index contributed by atoms with van der Waals surface area (Å²) in [7, 11) is 0. The fourth-order valence-electron chi connectivity index (χ4n) is 2.79. The molecule has 0 aromatic carbocycles. The van der Waals surface area contributed by atoms with Gasteiger partial charge in [-0.05, 0) is 40.5 Å². The van der Waals surface area contributed by atoms with Gasteiger partial charge >= 0.3 is 6.09 Å². The fraction of sp³-hybridized carbons (Fsp3) is 0.923. The van der Waals surface area contributed by atoms with E-state index in [9.17, 15) is 9.90 Å². The smallest absolute Gasteiger partial charge is 0.410 e. The molecule has 0 radical (unpaired) electrons. The first-order valence-corrected chi connectivity index (χ1v) is 6.43. The second-order valence-electron chi connectivity index (χ2n) is 6.07. The van der Waals surface area contributed by atoms with Crippen molar-refractivity contribution in [1.82, 2.24) is 10.2 Å². The maximum Gasteiger partial charge on any atom is 0.410 e. The zero-order valence-electron chi connectivity index (χ0n) is 14.1. The van der Waals surface area contributed by atoms with Gasteiger partial charge in [0.1, 0.15) is 5.60 Å². The van der Waals surface area contributed by atoms with Crippen molar-refractivity contribution in [2.24, 2.45) is 0 Å². The fourth-order valence-corrected chi connectivity index (χ4v) is 2.79. The summed E-state index contributed by atoms with van der Waals surface area (Å²) in [6, 6.07) is -0.984. The van der Waals surface area contributed by atoms with Crippen molar-refractivity contribution in [3.8, 4) is 0 Å². The molecule has 2 N–H and O–H groups in total. The lowest BCUT2D eigenvalue weighted by atomic mass is 10.0. The van der Waals surface area contributed by atoms with Gasteiger partial charge in [-0.15, -0.1) is 0 Å². The van der Waals surface area contributed by atoms with E-state index in [0.717, 1.165) is 6.42 Å². The molecule has 2 heterocycles. The van der Waals surface area contributed by atoms with Crippen LogP contribution in [0.4, 0.5) is 4.79 Å². The van der Waals surface area contributed by atoms with Crippen molar-refractivity contribution in [2.45, 2.75) is 70.3 Å². The summed E-state index contributed by atoms with van der Waals surface area (Å²) >= 11 is 0. The number of amides is 1. The number of rotatable bonds is 1. The highest BCUT2D eigenvalue weighted by molar-refractivity contribution is 5.70. The summed E-state index contributed by atoms with van der Waals surface area (Å²) in [4.78, 5) is 14.0. The lowest BCUT2D eigenvalue weighted by Crippen LogP contribution is -2.63. The van der Waals surface area contributed by atoms with Gasteiger partial charge in [-0.3, -0.25) is 4.90 Å². The molecule has 0 spiro atoms. The van der Waals surface area contributed by atoms with Crippen LogP contribution in [0.25, 0.3) is 0 Å². The van der Waals surface area contributed by atoms with E-state index in [1.807, 2.05) is 0 Å². The lowest BCUT2D eigenvalue weighted by Gasteiger charge is -2.42. The maximum absolute atomic E-state index is 12.3. The topological polar surface area (TPSA) is 61.8 Å². The monoisotopic (exact) mass is 259 g/mol. The number of nitrogens with zero attached hydrogens (tertiary/aromatic N) is 1. The van der Waals surface area contributed by atoms with Gasteiger partial charge in [0.2, 0.25) is 0 Å². The van der Waals surface area contributed by atoms with Crippen molar-refractivity contribution < 1.29 is 18.8 Å². The van der Waals surface area contributed by atoms with Gasteiger partial charge in [0.05, 0.1) is 18.2 Å². The van der Waals surface area contributed by atoms with Crippen LogP contribution in [-0.4, -0.2) is 52.5 Å². The Morgan fingerprint density at radius 3 is 2.89 bits per heavy atom. The van der Waals surface area contributed by atoms with Gasteiger partial charge in [0, 0.05) is 16.7 Å². The second kappa shape index (κ2) is 4.70. The quantitative estimate of drug-likeness (QED) is 0.740. The van der Waals surface area contributed by atoms with E-state index in [1.165, 1.54) is 0 Å². The summed E-state index contributed by atoms with van der Waals surface area (Å²) < 4.78 is 27.5. The molecule has 5 heteroatoms. The average molecular weight is 259 g/mol. The molecule has 2 rings (SSSR count). The Bertz CT molecular complexity index is 408. The van der Waals surface area contributed by atoms with Crippen LogP contribution >= 0.6 is 0 Å². The summed E-state index contributed by atoms with van der Waals surface area (Å²) in [5.41, 5.74) is -0.598. The van der Waals surface area contributed by atoms with Gasteiger partial charge in [0.25, 0.3) is 0 Å². The molecule has 0 aliphatic carbocycles. The summed E-state index contributed by atoms with van der Waals surface area (Å²) in [5.74, 6) is 0. The SMILES string of the molecule is [2H]C([2H])([2H])C(O)[C@H]1NC[C@@H]2CC[C@H]1N2C(=O)OC(C)(C)C. The molecule has 1 amide bonds. The molecule has 5 nitrogen and oxygen atoms in total. The molecule has 2 bridgehead atoms. The number of piperazine rings is 1. The van der Waals surface area contributed by atoms with Crippen LogP contribution in [0.15, 0.2) is 0 Å². The van der Waals surface area contributed by atoms with Crippen molar-refractivity contribution in [1.29, 1.82) is 0 Å². The number of aliphatic hydroxyl groups is 1. The molecule has 104 valence electrons. The third-order valence-corrected chi connectivity index (χ3v) is 3.49. The zero-order chi connectivity index (χ0) is 16.0. The number of carbonyl (C=O) groups is 1. The molecular weight excluding hydrogens is 232 g/mol. The highest BCUT2D eigenvalue weighted by Crippen LogP contribution is 2.32. The predicted molar refractivity (Wildman–Crippen MR) is 68.4 cm³/mol. The van der Waals surface area contributed by atoms with Crippen LogP contribution in [0.5, 0.6) is 0 Å². The van der Waals surface area contributed by atoms with E-state index in [1.54, 1.807) is 25.7 Å². The van der Waals surface area contributed by atoms with Crippen molar-refractivity contribution in [2.75, 3.05) is 6.54 Å². The highest BCUT2D eigenvalue weighted by Gasteiger charge is 2.47. The molecule has 0 aromatic rings. The molecule has 18 heavy (non-hydrogen) atoms. The number of carbonyl (C=O) groups excluding carboxylic acids is 1. The Morgan fingerprint density at radius 2 is 2.28 bits per heavy atom. The van der Waals surface area contributed by atoms with Crippen LogP contribution in [0.1, 0.15) is 44.6 Å². The van der Waals surface area contributed by atoms with Gasteiger partial charge in [-0.1, -0.05) is 0 Å². The lowest BCUT2D eigenvalue weighted by molar-refractivity contribution is -0.00704. The number of nitrogens with one attached hydrogen (secondary N) is 1. The minimum Gasteiger partial charge on any atom is -0.444 e. The minimum absolute atomic E-state index is 0.00454. The van der Waals surface area contributed by atoms with E-state index in [0.29, 0.717) is 13.0 Å². The van der Waals surface area contributed by atoms with Crippen LogP contribution in [-0.2, 0) is 4.74 Å². The molecule has 2 aliphatic rings. The first-order valence-electron chi connectivity index (χ1n) is 7.93. The van der Waals surface area contributed by atoms with Crippen molar-refractivity contribution >= 4 is 6.09 Å². The predicted octanol–water partition coefficient (Wildman–Crippen LogP) is 1.11. The van der Waals surface area contributed by atoms with E-state index >= 15 is 0 Å². The van der Waals surface area contributed by atoms with Gasteiger partial charge < -0.3 is 15.2 Å². The highest BCUT2D eigenvalue weighted by atomic mass is 16.6. The Balaban J connectivity index is 2.15. The van der Waals surface area contributed by atoms with Gasteiger partial charge in [0.15, 0.2) is 0 Å². The van der Waals surface area contributed by atoms with Crippen LogP contribution < -0.4 is 5.32 Å². The van der Waals surface area contributed by atoms with Crippen molar-refractivity contribution in [3.05, 3.63) is 0 Å². The zero-order valence-corrected chi connectivity index (χ0v) is 11.1. The maximum atomic E-state index is 12.3. The molecule has 0 saturated carbocycles. The summed E-state index contributed by atoms with van der Waals surface area (Å²) in [6.45, 7) is 3.40. The third-order valence-electron chi connectivity index (χ3n) is 3.49. The number of fused-ring (bicyclic) bond motifs is 2. The number of hydrogen-bond donors (Lipinski definition) is 2. The molecule has 0 aromatic heterocycles. The average Bonchev–Trinajstić information content (AvgIpc) is 2.60. The molecule has 2 fully saturated rings. The van der Waals surface area contributed by atoms with E-state index < -0.39 is 30.7 Å². The van der Waals surface area contributed by atoms with Crippen LogP contribution in [0.2, 0.25) is 0 Å². The molecule has 1 unspecified atom stereocenters. The summed E-state index contributed by atoms with van der Waals surface area (Å²) in [6.07, 6.45) is -0.457. The molecule has 4 atom stereocenters. The van der Waals surface area contributed by atoms with Gasteiger partial charge in [-0.25, -0.2) is 4.79 Å². The Morgan fingerprint density at radius 1 is 1.56 bits per heavy atom. The van der Waals surface area contributed by atoms with E-state index in [2.05, 4.69) is 5.32 Å². The van der Waals surface area contributed by atoms with E-state index in [-0.39, 0.29) is 12.1 Å². The Hall–Kier alpha value is -0.810. The molecule has 2 saturated heterocycles. The Kier molecular flexibility index (Phi) is 2.62. The minimum atomic E-state index is -2.47. The molecular formula is C13H24N2O3. The number of hydrogen-bond acceptors (Lipinski definition) is 4. The number of aliphatic hydroxyl groups excluding tert-OH is 1. The summed E-state index contributed by atoms with van der Waals surface area (Å²) in [5, 5.41) is 13.1. The second-order valence-corrected chi connectivity index (χ2v) is 6.07. The van der Waals surface area contributed by atoms with Crippen LogP contribution in [0, 0.1) is 0 Å². The van der Waals surface area contributed by atoms with Crippen molar-refractivity contribution in [3.63, 3.8) is 0 Å². The normalized spacial score (nSPS) is 36.6. The molecule has 2 aliphatic heterocycles. The first kappa shape index (κ1) is 10.0. The number of ether oxygens (including phenoxy) is 1. The third kappa shape index (κ3) is 2.62. The largest absolute Gasteiger partial charge is 0.444 e. The Labute approximate surface area is 113 Å². The van der Waals surface area contributed by atoms with Gasteiger partial charge in [-0.2, -0.15) is 0 Å².